The van der Waals surface area contributed by atoms with Gasteiger partial charge in [-0.25, -0.2) is 0 Å². The molecule has 5 nitrogen and oxygen atoms in total. The number of hydrogen-bond acceptors (Lipinski definition) is 5. The first kappa shape index (κ1) is 10.4. The second-order valence-electron chi connectivity index (χ2n) is 0.447. The summed E-state index contributed by atoms with van der Waals surface area (Å²) in [5.41, 5.74) is 0. The molecule has 44 valence electrons. The fraction of sp³-hybridized carbons (Fsp3) is 0. The first-order valence-corrected chi connectivity index (χ1v) is 2.75. The van der Waals surface area contributed by atoms with Crippen molar-refractivity contribution in [1.82, 2.24) is 0 Å². The molecule has 0 saturated heterocycles. The van der Waals surface area contributed by atoms with Crippen LogP contribution in [0.4, 0.5) is 0 Å². The van der Waals surface area contributed by atoms with E-state index in [1.165, 1.54) is 0 Å². The van der Waals surface area contributed by atoms with Crippen molar-refractivity contribution in [2.75, 3.05) is 0 Å². The zero-order valence-corrected chi connectivity index (χ0v) is 4.76. The summed E-state index contributed by atoms with van der Waals surface area (Å²) in [6.45, 7) is 0. The first-order chi connectivity index (χ1) is 3.00. The fourth-order valence-corrected chi connectivity index (χ4v) is 0. The summed E-state index contributed by atoms with van der Waals surface area (Å²) in [5, 5.41) is 0. The summed E-state index contributed by atoms with van der Waals surface area (Å²) in [6, 6.07) is 0. The normalized spacial score (nSPS) is 9.00. The third-order valence-electron chi connectivity index (χ3n) is 0. The quantitative estimate of drug-likeness (QED) is 0.361. The van der Waals surface area contributed by atoms with Crippen molar-refractivity contribution >= 4 is 7.82 Å². The summed E-state index contributed by atoms with van der Waals surface area (Å²) in [7, 11) is -5.39. The Bertz CT molecular complexity index is 63.9. The number of phosphoric acid groups is 1. The Balaban J connectivity index is 0. The molecule has 7 heteroatoms. The van der Waals surface area contributed by atoms with Gasteiger partial charge in [0.25, 0.3) is 0 Å². The zero-order valence-electron chi connectivity index (χ0n) is 2.82. The van der Waals surface area contributed by atoms with Crippen molar-refractivity contribution in [3.63, 3.8) is 0 Å². The van der Waals surface area contributed by atoms with E-state index in [2.05, 4.69) is 15.7 Å². The second-order valence-corrected chi connectivity index (χ2v) is 1.34. The fourth-order valence-electron chi connectivity index (χ4n) is 0. The van der Waals surface area contributed by atoms with Crippen molar-refractivity contribution in [1.29, 1.82) is 0 Å². The maximum atomic E-state index is 8.55. The molecule has 0 aromatic rings. The van der Waals surface area contributed by atoms with Crippen molar-refractivity contribution < 1.29 is 38.8 Å². The van der Waals surface area contributed by atoms with Gasteiger partial charge in [-0.1, -0.05) is 0 Å². The van der Waals surface area contributed by atoms with Gasteiger partial charge >= 0.3 is 19.5 Å². The van der Waals surface area contributed by atoms with Crippen LogP contribution in [0.15, 0.2) is 0 Å². The molecule has 0 saturated carbocycles. The Kier molecular flexibility index (Phi) is 6.80. The molecule has 0 bridgehead atoms. The van der Waals surface area contributed by atoms with Gasteiger partial charge in [0.2, 0.25) is 0 Å². The van der Waals surface area contributed by atoms with E-state index < -0.39 is 7.82 Å². The Morgan fingerprint density at radius 3 is 1.14 bits per heavy atom. The minimum absolute atomic E-state index is 2.31. The average molecular weight is 170 g/mol. The molecule has 0 unspecified atom stereocenters. The van der Waals surface area contributed by atoms with E-state index >= 15 is 0 Å². The molecule has 0 heterocycles. The van der Waals surface area contributed by atoms with E-state index in [0.29, 0.717) is 0 Å². The van der Waals surface area contributed by atoms with Crippen LogP contribution >= 0.6 is 7.82 Å². The Labute approximate surface area is 47.4 Å². The standard InChI is InChI=1S/Co.H3O4P.O/c;1-5(2,3)4;/h;(H3,1,2,3,4);/q+3;;/p-3. The van der Waals surface area contributed by atoms with Crippen LogP contribution in [-0.4, -0.2) is 0 Å². The van der Waals surface area contributed by atoms with Gasteiger partial charge in [0, 0.05) is 0 Å². The molecule has 0 aromatic heterocycles. The molecule has 0 aliphatic carbocycles. The number of rotatable bonds is 0. The van der Waals surface area contributed by atoms with Gasteiger partial charge in [-0.15, -0.1) is 0 Å². The van der Waals surface area contributed by atoms with Gasteiger partial charge < -0.3 is 19.2 Å². The van der Waals surface area contributed by atoms with Gasteiger partial charge in [-0.3, -0.25) is 0 Å². The van der Waals surface area contributed by atoms with Gasteiger partial charge in [-0.2, -0.15) is 7.82 Å². The van der Waals surface area contributed by atoms with Crippen molar-refractivity contribution in [3.05, 3.63) is 0 Å². The van der Waals surface area contributed by atoms with E-state index in [9.17, 15) is 0 Å². The van der Waals surface area contributed by atoms with Gasteiger partial charge in [0.15, 0.2) is 0 Å². The molecule has 0 N–H and O–H groups in total. The van der Waals surface area contributed by atoms with Crippen molar-refractivity contribution in [2.45, 2.75) is 0 Å². The molecule has 0 spiro atoms. The van der Waals surface area contributed by atoms with Crippen molar-refractivity contribution in [2.24, 2.45) is 0 Å². The molecule has 0 aliphatic rings. The number of hydrogen-bond donors (Lipinski definition) is 0. The van der Waals surface area contributed by atoms with Crippen LogP contribution in [0.25, 0.3) is 0 Å². The Morgan fingerprint density at radius 1 is 1.14 bits per heavy atom. The van der Waals surface area contributed by atoms with Crippen LogP contribution in [-0.2, 0) is 24.1 Å². The molecular weight excluding hydrogens is 170 g/mol. The molecular formula is CoO5P. The topological polar surface area (TPSA) is 103 Å². The van der Waals surface area contributed by atoms with Crippen LogP contribution in [0.5, 0.6) is 0 Å². The van der Waals surface area contributed by atoms with E-state index in [1.807, 2.05) is 0 Å². The Hall–Kier alpha value is 0.416. The summed E-state index contributed by atoms with van der Waals surface area (Å²) >= 11 is 2.31. The van der Waals surface area contributed by atoms with E-state index in [1.54, 1.807) is 0 Å². The van der Waals surface area contributed by atoms with Gasteiger partial charge in [0.1, 0.15) is 0 Å². The minimum atomic E-state index is -5.39. The van der Waals surface area contributed by atoms with E-state index in [-0.39, 0.29) is 0 Å². The molecule has 0 radical (unpaired) electrons. The molecule has 0 rings (SSSR count). The van der Waals surface area contributed by atoms with Crippen LogP contribution in [0.2, 0.25) is 0 Å². The molecule has 0 fully saturated rings. The van der Waals surface area contributed by atoms with Crippen LogP contribution in [0.1, 0.15) is 0 Å². The van der Waals surface area contributed by atoms with Gasteiger partial charge in [0.05, 0.1) is 0 Å². The first-order valence-electron chi connectivity index (χ1n) is 0.866. The molecule has 7 heavy (non-hydrogen) atoms. The summed E-state index contributed by atoms with van der Waals surface area (Å²) in [6.07, 6.45) is 0. The maximum absolute atomic E-state index is 8.55. The van der Waals surface area contributed by atoms with Crippen LogP contribution < -0.4 is 14.7 Å². The molecule has 0 aromatic carbocycles. The SMILES string of the molecule is O=P([O-])([O-])[O-].[O]=[Co+3]. The molecule has 0 amide bonds. The summed E-state index contributed by atoms with van der Waals surface area (Å²) in [4.78, 5) is 25.6. The summed E-state index contributed by atoms with van der Waals surface area (Å²) in [5.74, 6) is 0. The van der Waals surface area contributed by atoms with E-state index in [4.69, 9.17) is 23.1 Å². The third kappa shape index (κ3) is 722. The second kappa shape index (κ2) is 4.57. The van der Waals surface area contributed by atoms with E-state index in [0.717, 1.165) is 0 Å². The zero-order chi connectivity index (χ0) is 6.50. The average Bonchev–Trinajstić information content (AvgIpc) is 1.36. The molecule has 0 aliphatic heterocycles. The van der Waals surface area contributed by atoms with Crippen LogP contribution in [0, 0.1) is 0 Å². The monoisotopic (exact) mass is 170 g/mol. The van der Waals surface area contributed by atoms with Gasteiger partial charge in [-0.05, 0) is 0 Å². The predicted octanol–water partition coefficient (Wildman–Crippen LogP) is -2.95. The predicted molar refractivity (Wildman–Crippen MR) is 8.29 cm³/mol. The molecule has 0 atom stereocenters. The van der Waals surface area contributed by atoms with Crippen molar-refractivity contribution in [3.8, 4) is 0 Å². The summed E-state index contributed by atoms with van der Waals surface area (Å²) < 4.78 is 16.5. The third-order valence-corrected chi connectivity index (χ3v) is 0. The Morgan fingerprint density at radius 2 is 1.14 bits per heavy atom. The van der Waals surface area contributed by atoms with Crippen LogP contribution in [0.3, 0.4) is 0 Å².